The van der Waals surface area contributed by atoms with Crippen molar-refractivity contribution in [2.75, 3.05) is 0 Å². The maximum absolute atomic E-state index is 5.37. The lowest BCUT2D eigenvalue weighted by Gasteiger charge is -2.22. The Hall–Kier alpha value is -5.58. The normalized spacial score (nSPS) is 13.5. The maximum atomic E-state index is 5.37. The van der Waals surface area contributed by atoms with Crippen molar-refractivity contribution in [1.82, 2.24) is 14.5 Å². The molecule has 3 heterocycles. The molecule has 0 radical (unpaired) electrons. The lowest BCUT2D eigenvalue weighted by Crippen LogP contribution is -2.15. The third-order valence-electron chi connectivity index (χ3n) is 9.98. The minimum Gasteiger partial charge on any atom is -0.277 e. The summed E-state index contributed by atoms with van der Waals surface area (Å²) in [6, 6.07) is 49.7. The van der Waals surface area contributed by atoms with Gasteiger partial charge in [-0.25, -0.2) is 9.97 Å². The fourth-order valence-corrected chi connectivity index (χ4v) is 9.35. The van der Waals surface area contributed by atoms with Crippen LogP contribution in [0.3, 0.4) is 0 Å². The summed E-state index contributed by atoms with van der Waals surface area (Å²) in [5.74, 6) is 0.680. The van der Waals surface area contributed by atoms with E-state index in [-0.39, 0.29) is 5.41 Å². The summed E-state index contributed by atoms with van der Waals surface area (Å²) in [6.45, 7) is 4.78. The Bertz CT molecular complexity index is 2640. The molecule has 1 aliphatic carbocycles. The fraction of sp³-hybridized carbons (Fsp3) is 0.0698. The van der Waals surface area contributed by atoms with Crippen molar-refractivity contribution in [3.63, 3.8) is 0 Å². The van der Waals surface area contributed by atoms with Crippen molar-refractivity contribution in [1.29, 1.82) is 0 Å². The van der Waals surface area contributed by atoms with Gasteiger partial charge in [0.2, 0.25) is 5.95 Å². The van der Waals surface area contributed by atoms with Crippen LogP contribution in [0.2, 0.25) is 0 Å². The van der Waals surface area contributed by atoms with Crippen LogP contribution in [0.4, 0.5) is 0 Å². The first-order valence-corrected chi connectivity index (χ1v) is 16.9. The molecule has 3 nitrogen and oxygen atoms in total. The van der Waals surface area contributed by atoms with E-state index in [2.05, 4.69) is 158 Å². The molecule has 4 heteroatoms. The molecule has 0 saturated heterocycles. The molecule has 47 heavy (non-hydrogen) atoms. The molecule has 0 aliphatic heterocycles. The Labute approximate surface area is 276 Å². The first kappa shape index (κ1) is 26.6. The highest BCUT2D eigenvalue weighted by Crippen LogP contribution is 2.58. The highest BCUT2D eigenvalue weighted by molar-refractivity contribution is 7.26. The molecule has 0 N–H and O–H groups in total. The molecular weight excluding hydrogens is 591 g/mol. The molecule has 222 valence electrons. The second kappa shape index (κ2) is 9.71. The van der Waals surface area contributed by atoms with Gasteiger partial charge in [-0.3, -0.25) is 4.57 Å². The maximum Gasteiger partial charge on any atom is 0.235 e. The first-order chi connectivity index (χ1) is 23.1. The topological polar surface area (TPSA) is 30.7 Å². The number of aromatic nitrogens is 3. The summed E-state index contributed by atoms with van der Waals surface area (Å²) in [6.07, 6.45) is 0. The summed E-state index contributed by atoms with van der Waals surface area (Å²) < 4.78 is 5.04. The highest BCUT2D eigenvalue weighted by Gasteiger charge is 2.41. The molecule has 3 aromatic heterocycles. The van der Waals surface area contributed by atoms with Gasteiger partial charge in [0, 0.05) is 53.1 Å². The van der Waals surface area contributed by atoms with Gasteiger partial charge < -0.3 is 0 Å². The van der Waals surface area contributed by atoms with E-state index in [0.29, 0.717) is 5.95 Å². The monoisotopic (exact) mass is 619 g/mol. The molecule has 0 amide bonds. The zero-order chi connectivity index (χ0) is 31.3. The Morgan fingerprint density at radius 1 is 0.596 bits per heavy atom. The van der Waals surface area contributed by atoms with Crippen LogP contribution in [0.25, 0.3) is 81.6 Å². The molecule has 9 aromatic rings. The van der Waals surface area contributed by atoms with Crippen LogP contribution < -0.4 is 0 Å². The Kier molecular flexibility index (Phi) is 5.50. The van der Waals surface area contributed by atoms with Gasteiger partial charge in [0.1, 0.15) is 0 Å². The summed E-state index contributed by atoms with van der Waals surface area (Å²) in [5.41, 5.74) is 11.4. The molecule has 0 saturated carbocycles. The van der Waals surface area contributed by atoms with Gasteiger partial charge in [-0.05, 0) is 34.9 Å². The van der Waals surface area contributed by atoms with Crippen LogP contribution in [0, 0.1) is 0 Å². The van der Waals surface area contributed by atoms with E-state index in [1.807, 2.05) is 11.3 Å². The average molecular weight is 620 g/mol. The number of thiophene rings is 1. The number of hydrogen-bond donors (Lipinski definition) is 0. The summed E-state index contributed by atoms with van der Waals surface area (Å²) in [4.78, 5) is 10.7. The lowest BCUT2D eigenvalue weighted by molar-refractivity contribution is 0.667. The van der Waals surface area contributed by atoms with Crippen LogP contribution in [-0.4, -0.2) is 14.5 Å². The predicted molar refractivity (Wildman–Crippen MR) is 198 cm³/mol. The fourth-order valence-electron chi connectivity index (χ4n) is 7.93. The van der Waals surface area contributed by atoms with Gasteiger partial charge >= 0.3 is 0 Å². The second-order valence-corrected chi connectivity index (χ2v) is 14.0. The van der Waals surface area contributed by atoms with E-state index >= 15 is 0 Å². The molecule has 0 spiro atoms. The van der Waals surface area contributed by atoms with Crippen LogP contribution in [-0.2, 0) is 5.41 Å². The van der Waals surface area contributed by atoms with Gasteiger partial charge in [0.05, 0.1) is 22.4 Å². The van der Waals surface area contributed by atoms with E-state index in [1.165, 1.54) is 58.7 Å². The van der Waals surface area contributed by atoms with Gasteiger partial charge in [-0.15, -0.1) is 11.3 Å². The van der Waals surface area contributed by atoms with Crippen LogP contribution in [0.5, 0.6) is 0 Å². The van der Waals surface area contributed by atoms with Crippen LogP contribution in [0.15, 0.2) is 140 Å². The largest absolute Gasteiger partial charge is 0.277 e. The predicted octanol–water partition coefficient (Wildman–Crippen LogP) is 11.6. The third kappa shape index (κ3) is 3.67. The molecule has 0 bridgehead atoms. The SMILES string of the molecule is CC1(C)c2ccccc2-c2c1c1sc3ccccc3c1c1c3ccccc3n(-c3nc(-c4ccccc4)cc(-c4ccccc4)n3)c21. The zero-order valence-corrected chi connectivity index (χ0v) is 26.8. The minimum atomic E-state index is -0.178. The molecule has 0 fully saturated rings. The molecule has 0 atom stereocenters. The number of para-hydroxylation sites is 1. The molecule has 6 aromatic carbocycles. The van der Waals surface area contributed by atoms with Gasteiger partial charge in [0.25, 0.3) is 0 Å². The van der Waals surface area contributed by atoms with E-state index in [9.17, 15) is 0 Å². The summed E-state index contributed by atoms with van der Waals surface area (Å²) in [5, 5.41) is 5.13. The summed E-state index contributed by atoms with van der Waals surface area (Å²) in [7, 11) is 0. The van der Waals surface area contributed by atoms with E-state index in [4.69, 9.17) is 9.97 Å². The molecular formula is C43H29N3S. The summed E-state index contributed by atoms with van der Waals surface area (Å²) >= 11 is 1.93. The van der Waals surface area contributed by atoms with E-state index in [1.54, 1.807) is 0 Å². The Morgan fingerprint density at radius 2 is 1.19 bits per heavy atom. The lowest BCUT2D eigenvalue weighted by atomic mass is 9.81. The quantitative estimate of drug-likeness (QED) is 0.197. The number of hydrogen-bond acceptors (Lipinski definition) is 3. The Morgan fingerprint density at radius 3 is 1.91 bits per heavy atom. The standard InChI is InChI=1S/C43H29N3S/c1-43(2)31-22-12-9-19-28(31)38-39(43)41-37(30-21-11-14-24-35(30)47-41)36-29-20-10-13-23-34(29)46(40(36)38)42-44-32(26-15-5-3-6-16-26)25-33(45-42)27-17-7-4-8-18-27/h3-25H,1-2H3. The number of fused-ring (bicyclic) bond motifs is 12. The Balaban J connectivity index is 1.45. The van der Waals surface area contributed by atoms with E-state index in [0.717, 1.165) is 28.0 Å². The van der Waals surface area contributed by atoms with Crippen LogP contribution >= 0.6 is 11.3 Å². The number of benzene rings is 6. The number of rotatable bonds is 3. The van der Waals surface area contributed by atoms with Crippen molar-refractivity contribution in [3.05, 3.63) is 151 Å². The van der Waals surface area contributed by atoms with Crippen molar-refractivity contribution in [2.45, 2.75) is 19.3 Å². The molecule has 1 aliphatic rings. The second-order valence-electron chi connectivity index (χ2n) is 13.0. The average Bonchev–Trinajstić information content (AvgIpc) is 3.75. The minimum absolute atomic E-state index is 0.178. The van der Waals surface area contributed by atoms with Gasteiger partial charge in [-0.2, -0.15) is 0 Å². The van der Waals surface area contributed by atoms with Gasteiger partial charge in [0.15, 0.2) is 0 Å². The van der Waals surface area contributed by atoms with E-state index < -0.39 is 0 Å². The third-order valence-corrected chi connectivity index (χ3v) is 11.2. The molecule has 10 rings (SSSR count). The highest BCUT2D eigenvalue weighted by atomic mass is 32.1. The van der Waals surface area contributed by atoms with Crippen molar-refractivity contribution in [2.24, 2.45) is 0 Å². The van der Waals surface area contributed by atoms with Crippen molar-refractivity contribution < 1.29 is 0 Å². The van der Waals surface area contributed by atoms with Crippen LogP contribution in [0.1, 0.15) is 25.0 Å². The molecule has 0 unspecified atom stereocenters. The first-order valence-electron chi connectivity index (χ1n) is 16.1. The van der Waals surface area contributed by atoms with Gasteiger partial charge in [-0.1, -0.05) is 135 Å². The van der Waals surface area contributed by atoms with Crippen molar-refractivity contribution in [3.8, 4) is 39.6 Å². The smallest absolute Gasteiger partial charge is 0.235 e. The van der Waals surface area contributed by atoms with Crippen molar-refractivity contribution >= 4 is 53.3 Å². The number of nitrogens with zero attached hydrogens (tertiary/aromatic N) is 3. The zero-order valence-electron chi connectivity index (χ0n) is 26.0.